The highest BCUT2D eigenvalue weighted by Crippen LogP contribution is 2.28. The van der Waals surface area contributed by atoms with Crippen molar-refractivity contribution >= 4 is 17.8 Å². The van der Waals surface area contributed by atoms with E-state index in [0.717, 1.165) is 11.1 Å². The summed E-state index contributed by atoms with van der Waals surface area (Å²) in [6.07, 6.45) is 2.78. The second-order valence-corrected chi connectivity index (χ2v) is 6.04. The van der Waals surface area contributed by atoms with E-state index in [1.807, 2.05) is 32.0 Å². The van der Waals surface area contributed by atoms with Crippen LogP contribution in [-0.4, -0.2) is 32.1 Å². The Labute approximate surface area is 164 Å². The fourth-order valence-corrected chi connectivity index (χ4v) is 2.48. The van der Waals surface area contributed by atoms with Crippen LogP contribution >= 0.6 is 0 Å². The van der Waals surface area contributed by atoms with Gasteiger partial charge in [-0.2, -0.15) is 5.26 Å². The molecule has 0 unspecified atom stereocenters. The fourth-order valence-electron chi connectivity index (χ4n) is 2.48. The Kier molecular flexibility index (Phi) is 7.35. The number of rotatable bonds is 8. The summed E-state index contributed by atoms with van der Waals surface area (Å²) in [7, 11) is 1.48. The van der Waals surface area contributed by atoms with Gasteiger partial charge in [0.2, 0.25) is 5.78 Å². The lowest BCUT2D eigenvalue weighted by Crippen LogP contribution is -2.13. The van der Waals surface area contributed by atoms with Gasteiger partial charge in [0.1, 0.15) is 6.07 Å². The molecule has 6 heteroatoms. The summed E-state index contributed by atoms with van der Waals surface area (Å²) in [5, 5.41) is 8.58. The van der Waals surface area contributed by atoms with Gasteiger partial charge >= 0.3 is 5.97 Å². The van der Waals surface area contributed by atoms with Crippen LogP contribution in [0, 0.1) is 25.2 Å². The van der Waals surface area contributed by atoms with Gasteiger partial charge in [0, 0.05) is 11.6 Å². The molecule has 0 heterocycles. The first-order chi connectivity index (χ1) is 13.4. The van der Waals surface area contributed by atoms with Gasteiger partial charge in [-0.3, -0.25) is 4.79 Å². The first kappa shape index (κ1) is 20.7. The molecule has 0 atom stereocenters. The van der Waals surface area contributed by atoms with Gasteiger partial charge in [-0.25, -0.2) is 4.79 Å². The Morgan fingerprint density at radius 1 is 1.11 bits per heavy atom. The maximum absolute atomic E-state index is 12.2. The van der Waals surface area contributed by atoms with Crippen molar-refractivity contribution in [3.8, 4) is 17.6 Å². The molecular formula is C22H21NO5. The summed E-state index contributed by atoms with van der Waals surface area (Å²) in [6.45, 7) is 3.33. The van der Waals surface area contributed by atoms with Crippen LogP contribution in [0.15, 0.2) is 42.5 Å². The normalized spacial score (nSPS) is 10.4. The van der Waals surface area contributed by atoms with Gasteiger partial charge in [-0.05, 0) is 49.2 Å². The van der Waals surface area contributed by atoms with E-state index in [2.05, 4.69) is 0 Å². The molecule has 0 fully saturated rings. The zero-order valence-corrected chi connectivity index (χ0v) is 16.0. The molecule has 0 aliphatic heterocycles. The van der Waals surface area contributed by atoms with Crippen LogP contribution in [0.2, 0.25) is 0 Å². The highest BCUT2D eigenvalue weighted by Gasteiger charge is 2.11. The molecule has 0 saturated carbocycles. The smallest absolute Gasteiger partial charge is 0.331 e. The van der Waals surface area contributed by atoms with Crippen molar-refractivity contribution in [2.45, 2.75) is 13.8 Å². The minimum absolute atomic E-state index is 0.0910. The van der Waals surface area contributed by atoms with E-state index >= 15 is 0 Å². The quantitative estimate of drug-likeness (QED) is 0.395. The number of aryl methyl sites for hydroxylation is 2. The van der Waals surface area contributed by atoms with E-state index < -0.39 is 5.97 Å². The van der Waals surface area contributed by atoms with E-state index in [4.69, 9.17) is 19.5 Å². The molecule has 0 aromatic heterocycles. The molecule has 28 heavy (non-hydrogen) atoms. The fraction of sp³-hybridized carbons (Fsp3) is 0.227. The molecule has 0 radical (unpaired) electrons. The van der Waals surface area contributed by atoms with Crippen LogP contribution in [0.1, 0.15) is 27.0 Å². The van der Waals surface area contributed by atoms with Crippen molar-refractivity contribution in [1.29, 1.82) is 5.26 Å². The summed E-state index contributed by atoms with van der Waals surface area (Å²) in [4.78, 5) is 24.2. The van der Waals surface area contributed by atoms with E-state index in [9.17, 15) is 9.59 Å². The molecule has 0 aliphatic rings. The monoisotopic (exact) mass is 379 g/mol. The summed E-state index contributed by atoms with van der Waals surface area (Å²) in [6, 6.07) is 12.5. The number of hydrogen-bond acceptors (Lipinski definition) is 6. The lowest BCUT2D eigenvalue weighted by molar-refractivity contribution is -0.136. The zero-order valence-electron chi connectivity index (χ0n) is 16.0. The molecule has 0 saturated heterocycles. The predicted octanol–water partition coefficient (Wildman–Crippen LogP) is 3.65. The number of ether oxygens (including phenoxy) is 3. The van der Waals surface area contributed by atoms with Crippen LogP contribution in [0.3, 0.4) is 0 Å². The molecule has 0 spiro atoms. The molecule has 0 amide bonds. The highest BCUT2D eigenvalue weighted by atomic mass is 16.5. The SMILES string of the molecule is COc1cc(C=CC(=O)OCC(=O)c2cc(C)ccc2C)ccc1OCC#N. The lowest BCUT2D eigenvalue weighted by atomic mass is 10.0. The van der Waals surface area contributed by atoms with E-state index in [-0.39, 0.29) is 19.0 Å². The maximum Gasteiger partial charge on any atom is 0.331 e. The molecule has 6 nitrogen and oxygen atoms in total. The van der Waals surface area contributed by atoms with E-state index in [0.29, 0.717) is 22.6 Å². The number of benzene rings is 2. The standard InChI is InChI=1S/C22H21NO5/c1-15-4-5-16(2)18(12-15)19(24)14-28-22(25)9-7-17-6-8-20(27-11-10-23)21(13-17)26-3/h4-9,12-13H,11,14H2,1-3H3. The Bertz CT molecular complexity index is 940. The van der Waals surface area contributed by atoms with E-state index in [1.54, 1.807) is 30.3 Å². The number of ketones is 1. The summed E-state index contributed by atoms with van der Waals surface area (Å²) < 4.78 is 15.5. The largest absolute Gasteiger partial charge is 0.493 e. The lowest BCUT2D eigenvalue weighted by Gasteiger charge is -2.08. The second kappa shape index (κ2) is 9.93. The molecule has 0 aliphatic carbocycles. The summed E-state index contributed by atoms with van der Waals surface area (Å²) in [5.74, 6) is 0.00445. The minimum atomic E-state index is -0.623. The second-order valence-electron chi connectivity index (χ2n) is 6.04. The van der Waals surface area contributed by atoms with Crippen molar-refractivity contribution in [1.82, 2.24) is 0 Å². The number of carbonyl (C=O) groups excluding carboxylic acids is 2. The summed E-state index contributed by atoms with van der Waals surface area (Å²) in [5.41, 5.74) is 3.04. The van der Waals surface area contributed by atoms with Crippen molar-refractivity contribution < 1.29 is 23.8 Å². The van der Waals surface area contributed by atoms with Gasteiger partial charge in [0.25, 0.3) is 0 Å². The molecule has 0 bridgehead atoms. The third-order valence-electron chi connectivity index (χ3n) is 3.93. The van der Waals surface area contributed by atoms with Crippen molar-refractivity contribution in [3.63, 3.8) is 0 Å². The average Bonchev–Trinajstić information content (AvgIpc) is 2.70. The third kappa shape index (κ3) is 5.71. The molecule has 2 aromatic rings. The Morgan fingerprint density at radius 3 is 2.61 bits per heavy atom. The molecule has 2 aromatic carbocycles. The topological polar surface area (TPSA) is 85.6 Å². The van der Waals surface area contributed by atoms with Crippen LogP contribution in [0.5, 0.6) is 11.5 Å². The van der Waals surface area contributed by atoms with Crippen LogP contribution in [0.4, 0.5) is 0 Å². The van der Waals surface area contributed by atoms with Gasteiger partial charge in [-0.1, -0.05) is 23.8 Å². The average molecular weight is 379 g/mol. The maximum atomic E-state index is 12.2. The summed E-state index contributed by atoms with van der Waals surface area (Å²) >= 11 is 0. The zero-order chi connectivity index (χ0) is 20.5. The van der Waals surface area contributed by atoms with Gasteiger partial charge in [0.15, 0.2) is 24.7 Å². The molecule has 2 rings (SSSR count). The van der Waals surface area contributed by atoms with Crippen molar-refractivity contribution in [3.05, 3.63) is 64.7 Å². The minimum Gasteiger partial charge on any atom is -0.493 e. The molecule has 144 valence electrons. The Balaban J connectivity index is 1.97. The Hall–Kier alpha value is -3.59. The van der Waals surface area contributed by atoms with E-state index in [1.165, 1.54) is 13.2 Å². The first-order valence-electron chi connectivity index (χ1n) is 8.57. The molecule has 0 N–H and O–H groups in total. The number of hydrogen-bond donors (Lipinski definition) is 0. The number of nitrogens with zero attached hydrogens (tertiary/aromatic N) is 1. The highest BCUT2D eigenvalue weighted by molar-refractivity contribution is 6.00. The molecular weight excluding hydrogens is 358 g/mol. The number of nitriles is 1. The predicted molar refractivity (Wildman–Crippen MR) is 104 cm³/mol. The number of carbonyl (C=O) groups is 2. The van der Waals surface area contributed by atoms with Crippen molar-refractivity contribution in [2.75, 3.05) is 20.3 Å². The third-order valence-corrected chi connectivity index (χ3v) is 3.93. The van der Waals surface area contributed by atoms with Crippen LogP contribution < -0.4 is 9.47 Å². The van der Waals surface area contributed by atoms with Gasteiger partial charge < -0.3 is 14.2 Å². The van der Waals surface area contributed by atoms with Gasteiger partial charge in [-0.15, -0.1) is 0 Å². The van der Waals surface area contributed by atoms with Crippen LogP contribution in [-0.2, 0) is 9.53 Å². The van der Waals surface area contributed by atoms with Crippen molar-refractivity contribution in [2.24, 2.45) is 0 Å². The van der Waals surface area contributed by atoms with Gasteiger partial charge in [0.05, 0.1) is 7.11 Å². The van der Waals surface area contributed by atoms with Crippen LogP contribution in [0.25, 0.3) is 6.08 Å². The number of esters is 1. The number of methoxy groups -OCH3 is 1. The Morgan fingerprint density at radius 2 is 1.89 bits per heavy atom. The number of Topliss-reactive ketones (excluding diaryl/α,β-unsaturated/α-hetero) is 1. The first-order valence-corrected chi connectivity index (χ1v) is 8.57.